The van der Waals surface area contributed by atoms with E-state index in [1.54, 1.807) is 36.8 Å². The second kappa shape index (κ2) is 8.02. The number of anilines is 1. The van der Waals surface area contributed by atoms with Crippen molar-refractivity contribution in [2.24, 2.45) is 0 Å². The summed E-state index contributed by atoms with van der Waals surface area (Å²) in [6, 6.07) is 6.75. The standard InChI is InChI=1S/C17H20ClN5O2/c18-12-1-3-13(4-2-12)21-17(25)22-14-5-7-23(8-6-14)16(24)9-15-10-19-11-20-15/h1-4,10-11,14H,5-9H2,(H,19,20)(H2,21,22,25). The predicted molar refractivity (Wildman–Crippen MR) is 95.5 cm³/mol. The number of H-pyrrole nitrogens is 1. The van der Waals surface area contributed by atoms with Crippen molar-refractivity contribution in [3.8, 4) is 0 Å². The Balaban J connectivity index is 1.42. The Morgan fingerprint density at radius 2 is 1.96 bits per heavy atom. The molecule has 1 aromatic heterocycles. The van der Waals surface area contributed by atoms with Crippen LogP contribution < -0.4 is 10.6 Å². The molecule has 2 aromatic rings. The summed E-state index contributed by atoms with van der Waals surface area (Å²) in [4.78, 5) is 33.0. The molecule has 0 radical (unpaired) electrons. The van der Waals surface area contributed by atoms with E-state index in [0.717, 1.165) is 18.5 Å². The first-order chi connectivity index (χ1) is 12.1. The van der Waals surface area contributed by atoms with Crippen molar-refractivity contribution < 1.29 is 9.59 Å². The molecule has 0 unspecified atom stereocenters. The number of rotatable bonds is 4. The molecule has 3 N–H and O–H groups in total. The minimum absolute atomic E-state index is 0.0572. The van der Waals surface area contributed by atoms with E-state index in [9.17, 15) is 9.59 Å². The lowest BCUT2D eigenvalue weighted by atomic mass is 10.0. The Morgan fingerprint density at radius 3 is 2.60 bits per heavy atom. The number of carbonyl (C=O) groups is 2. The van der Waals surface area contributed by atoms with Crippen LogP contribution in [0.15, 0.2) is 36.8 Å². The molecule has 3 amide bonds. The third-order valence-electron chi connectivity index (χ3n) is 4.17. The zero-order valence-electron chi connectivity index (χ0n) is 13.7. The van der Waals surface area contributed by atoms with Crippen molar-refractivity contribution in [1.29, 1.82) is 0 Å². The number of piperidine rings is 1. The van der Waals surface area contributed by atoms with Crippen molar-refractivity contribution in [2.45, 2.75) is 25.3 Å². The van der Waals surface area contributed by atoms with E-state index in [1.807, 2.05) is 4.90 Å². The Morgan fingerprint density at radius 1 is 1.24 bits per heavy atom. The van der Waals surface area contributed by atoms with Crippen LogP contribution in [0.2, 0.25) is 5.02 Å². The fourth-order valence-electron chi connectivity index (χ4n) is 2.81. The van der Waals surface area contributed by atoms with Crippen LogP contribution in [-0.4, -0.2) is 45.9 Å². The molecule has 0 bridgehead atoms. The van der Waals surface area contributed by atoms with Crippen LogP contribution >= 0.6 is 11.6 Å². The molecule has 1 fully saturated rings. The molecule has 7 nitrogen and oxygen atoms in total. The van der Waals surface area contributed by atoms with Crippen molar-refractivity contribution in [1.82, 2.24) is 20.2 Å². The fourth-order valence-corrected chi connectivity index (χ4v) is 2.94. The first kappa shape index (κ1) is 17.3. The molecule has 1 aliphatic heterocycles. The number of halogens is 1. The summed E-state index contributed by atoms with van der Waals surface area (Å²) in [6.07, 6.45) is 5.07. The van der Waals surface area contributed by atoms with Gasteiger partial charge in [0.1, 0.15) is 0 Å². The molecule has 0 spiro atoms. The number of hydrogen-bond acceptors (Lipinski definition) is 3. The normalized spacial score (nSPS) is 15.0. The van der Waals surface area contributed by atoms with Gasteiger partial charge in [0.2, 0.25) is 5.91 Å². The Hall–Kier alpha value is -2.54. The number of urea groups is 1. The fraction of sp³-hybridized carbons (Fsp3) is 0.353. The maximum absolute atomic E-state index is 12.2. The van der Waals surface area contributed by atoms with Gasteiger partial charge in [-0.25, -0.2) is 9.78 Å². The molecule has 25 heavy (non-hydrogen) atoms. The number of aromatic nitrogens is 2. The zero-order valence-corrected chi connectivity index (χ0v) is 14.4. The van der Waals surface area contributed by atoms with Crippen molar-refractivity contribution in [3.05, 3.63) is 47.5 Å². The van der Waals surface area contributed by atoms with Crippen LogP contribution in [0.5, 0.6) is 0 Å². The molecular weight excluding hydrogens is 342 g/mol. The van der Waals surface area contributed by atoms with Gasteiger partial charge >= 0.3 is 6.03 Å². The number of nitrogens with zero attached hydrogens (tertiary/aromatic N) is 2. The molecule has 1 aromatic carbocycles. The molecule has 8 heteroatoms. The number of hydrogen-bond donors (Lipinski definition) is 3. The van der Waals surface area contributed by atoms with Gasteiger partial charge in [-0.1, -0.05) is 11.6 Å². The third kappa shape index (κ3) is 4.96. The first-order valence-corrected chi connectivity index (χ1v) is 8.56. The number of imidazole rings is 1. The summed E-state index contributed by atoms with van der Waals surface area (Å²) in [5, 5.41) is 6.35. The number of amides is 3. The van der Waals surface area contributed by atoms with E-state index >= 15 is 0 Å². The van der Waals surface area contributed by atoms with Gasteiger partial charge in [-0.05, 0) is 37.1 Å². The predicted octanol–water partition coefficient (Wildman–Crippen LogP) is 2.42. The summed E-state index contributed by atoms with van der Waals surface area (Å²) in [6.45, 7) is 1.27. The van der Waals surface area contributed by atoms with Gasteiger partial charge < -0.3 is 20.5 Å². The van der Waals surface area contributed by atoms with E-state index in [-0.39, 0.29) is 18.0 Å². The number of likely N-dealkylation sites (tertiary alicyclic amines) is 1. The van der Waals surface area contributed by atoms with Gasteiger partial charge in [0.25, 0.3) is 0 Å². The maximum atomic E-state index is 12.2. The summed E-state index contributed by atoms with van der Waals surface area (Å²) >= 11 is 5.82. The Labute approximate surface area is 150 Å². The van der Waals surface area contributed by atoms with E-state index in [0.29, 0.717) is 30.2 Å². The molecule has 3 rings (SSSR count). The van der Waals surface area contributed by atoms with Crippen LogP contribution in [0, 0.1) is 0 Å². The van der Waals surface area contributed by atoms with Crippen LogP contribution in [0.25, 0.3) is 0 Å². The van der Waals surface area contributed by atoms with Crippen LogP contribution in [-0.2, 0) is 11.2 Å². The summed E-state index contributed by atoms with van der Waals surface area (Å²) in [7, 11) is 0. The van der Waals surface area contributed by atoms with Crippen molar-refractivity contribution in [2.75, 3.05) is 18.4 Å². The van der Waals surface area contributed by atoms with Gasteiger partial charge in [-0.15, -0.1) is 0 Å². The quantitative estimate of drug-likeness (QED) is 0.781. The molecule has 0 aliphatic carbocycles. The highest BCUT2D eigenvalue weighted by Crippen LogP contribution is 2.15. The second-order valence-electron chi connectivity index (χ2n) is 6.00. The maximum Gasteiger partial charge on any atom is 0.319 e. The van der Waals surface area contributed by atoms with Gasteiger partial charge in [-0.3, -0.25) is 4.79 Å². The molecule has 0 atom stereocenters. The number of carbonyl (C=O) groups excluding carboxylic acids is 2. The smallest absolute Gasteiger partial charge is 0.319 e. The monoisotopic (exact) mass is 361 g/mol. The van der Waals surface area contributed by atoms with Gasteiger partial charge in [0, 0.05) is 36.0 Å². The van der Waals surface area contributed by atoms with E-state index < -0.39 is 0 Å². The highest BCUT2D eigenvalue weighted by atomic mass is 35.5. The number of nitrogens with one attached hydrogen (secondary N) is 3. The number of benzene rings is 1. The molecule has 0 saturated carbocycles. The number of aromatic amines is 1. The van der Waals surface area contributed by atoms with Gasteiger partial charge in [0.05, 0.1) is 18.4 Å². The van der Waals surface area contributed by atoms with E-state index in [1.165, 1.54) is 0 Å². The van der Waals surface area contributed by atoms with Gasteiger partial charge in [0.15, 0.2) is 0 Å². The average molecular weight is 362 g/mol. The molecule has 1 aliphatic rings. The van der Waals surface area contributed by atoms with Crippen molar-refractivity contribution in [3.63, 3.8) is 0 Å². The zero-order chi connectivity index (χ0) is 17.6. The Kier molecular flexibility index (Phi) is 5.55. The summed E-state index contributed by atoms with van der Waals surface area (Å²) < 4.78 is 0. The summed E-state index contributed by atoms with van der Waals surface area (Å²) in [5.74, 6) is 0.0659. The van der Waals surface area contributed by atoms with Crippen LogP contribution in [0.1, 0.15) is 18.5 Å². The molecular formula is C17H20ClN5O2. The minimum Gasteiger partial charge on any atom is -0.351 e. The van der Waals surface area contributed by atoms with Crippen molar-refractivity contribution >= 4 is 29.2 Å². The van der Waals surface area contributed by atoms with E-state index in [2.05, 4.69) is 20.6 Å². The lowest BCUT2D eigenvalue weighted by Gasteiger charge is -2.32. The lowest BCUT2D eigenvalue weighted by molar-refractivity contribution is -0.131. The Bertz CT molecular complexity index is 709. The van der Waals surface area contributed by atoms with Crippen LogP contribution in [0.3, 0.4) is 0 Å². The SMILES string of the molecule is O=C(Nc1ccc(Cl)cc1)NC1CCN(C(=O)Cc2c[nH]cn2)CC1. The first-order valence-electron chi connectivity index (χ1n) is 8.18. The third-order valence-corrected chi connectivity index (χ3v) is 4.42. The van der Waals surface area contributed by atoms with Crippen LogP contribution in [0.4, 0.5) is 10.5 Å². The average Bonchev–Trinajstić information content (AvgIpc) is 3.10. The largest absolute Gasteiger partial charge is 0.351 e. The van der Waals surface area contributed by atoms with Gasteiger partial charge in [-0.2, -0.15) is 0 Å². The molecule has 1 saturated heterocycles. The molecule has 132 valence electrons. The topological polar surface area (TPSA) is 90.1 Å². The highest BCUT2D eigenvalue weighted by molar-refractivity contribution is 6.30. The minimum atomic E-state index is -0.247. The lowest BCUT2D eigenvalue weighted by Crippen LogP contribution is -2.47. The highest BCUT2D eigenvalue weighted by Gasteiger charge is 2.24. The molecule has 2 heterocycles. The summed E-state index contributed by atoms with van der Waals surface area (Å²) in [5.41, 5.74) is 1.43. The second-order valence-corrected chi connectivity index (χ2v) is 6.43. The van der Waals surface area contributed by atoms with E-state index in [4.69, 9.17) is 11.6 Å².